The molecule has 1 aliphatic rings. The van der Waals surface area contributed by atoms with Gasteiger partial charge in [0.1, 0.15) is 7.11 Å². The average Bonchev–Trinajstić information content (AvgIpc) is 2.73. The van der Waals surface area contributed by atoms with Crippen LogP contribution in [0.2, 0.25) is 0 Å². The lowest BCUT2D eigenvalue weighted by Gasteiger charge is -2.20. The Hall–Kier alpha value is -1.89. The molecule has 0 fully saturated rings. The van der Waals surface area contributed by atoms with E-state index in [0.717, 1.165) is 0 Å². The summed E-state index contributed by atoms with van der Waals surface area (Å²) in [6.45, 7) is 1.67. The molecule has 6 nitrogen and oxygen atoms in total. The van der Waals surface area contributed by atoms with Crippen LogP contribution >= 0.6 is 15.9 Å². The molecule has 0 spiro atoms. The second-order valence-corrected chi connectivity index (χ2v) is 5.27. The zero-order valence-corrected chi connectivity index (χ0v) is 12.9. The van der Waals surface area contributed by atoms with Gasteiger partial charge in [-0.1, -0.05) is 39.3 Å². The van der Waals surface area contributed by atoms with Gasteiger partial charge < -0.3 is 9.57 Å². The Balaban J connectivity index is 2.46. The standard InChI is InChI=1S/C13H14BrN3O3/c1-9(16-20-3)13(14)11(19-2)15-17(12(13)18)10-7-5-4-6-8-10/h4-8H,1-3H3/b16-9+. The topological polar surface area (TPSA) is 63.5 Å². The molecule has 1 aromatic carbocycles. The van der Waals surface area contributed by atoms with Crippen LogP contribution in [0.3, 0.4) is 0 Å². The van der Waals surface area contributed by atoms with Crippen LogP contribution in [0, 0.1) is 0 Å². The van der Waals surface area contributed by atoms with Crippen molar-refractivity contribution < 1.29 is 14.4 Å². The zero-order valence-electron chi connectivity index (χ0n) is 11.3. The lowest BCUT2D eigenvalue weighted by molar-refractivity contribution is -0.117. The number of hydrazone groups is 1. The minimum absolute atomic E-state index is 0.213. The van der Waals surface area contributed by atoms with Gasteiger partial charge in [0, 0.05) is 0 Å². The zero-order chi connectivity index (χ0) is 14.8. The first kappa shape index (κ1) is 14.5. The Labute approximate surface area is 125 Å². The normalized spacial score (nSPS) is 22.8. The molecule has 1 aliphatic heterocycles. The van der Waals surface area contributed by atoms with E-state index < -0.39 is 4.32 Å². The molecule has 0 N–H and O–H groups in total. The summed E-state index contributed by atoms with van der Waals surface area (Å²) in [5, 5.41) is 9.31. The van der Waals surface area contributed by atoms with E-state index in [2.05, 4.69) is 26.2 Å². The highest BCUT2D eigenvalue weighted by molar-refractivity contribution is 9.11. The predicted octanol–water partition coefficient (Wildman–Crippen LogP) is 2.15. The van der Waals surface area contributed by atoms with E-state index >= 15 is 0 Å². The molecule has 0 saturated heterocycles. The smallest absolute Gasteiger partial charge is 0.279 e. The quantitative estimate of drug-likeness (QED) is 0.481. The Kier molecular flexibility index (Phi) is 4.08. The number of para-hydroxylation sites is 1. The van der Waals surface area contributed by atoms with Crippen LogP contribution in [0.5, 0.6) is 0 Å². The summed E-state index contributed by atoms with van der Waals surface area (Å²) in [6, 6.07) is 9.10. The highest BCUT2D eigenvalue weighted by Crippen LogP contribution is 2.34. The lowest BCUT2D eigenvalue weighted by atomic mass is 10.0. The van der Waals surface area contributed by atoms with Gasteiger partial charge in [-0.05, 0) is 19.1 Å². The van der Waals surface area contributed by atoms with E-state index in [1.807, 2.05) is 18.2 Å². The maximum Gasteiger partial charge on any atom is 0.279 e. The van der Waals surface area contributed by atoms with Gasteiger partial charge in [0.05, 0.1) is 18.5 Å². The Morgan fingerprint density at radius 1 is 1.35 bits per heavy atom. The number of hydrogen-bond donors (Lipinski definition) is 0. The van der Waals surface area contributed by atoms with Crippen molar-refractivity contribution in [1.29, 1.82) is 0 Å². The fourth-order valence-electron chi connectivity index (χ4n) is 1.88. The molecule has 7 heteroatoms. The minimum Gasteiger partial charge on any atom is -0.481 e. The SMILES string of the molecule is CO/N=C(\C)C1(Br)C(=O)N(c2ccccc2)N=C1OC. The van der Waals surface area contributed by atoms with Crippen LogP contribution in [0.1, 0.15) is 6.92 Å². The number of alkyl halides is 1. The van der Waals surface area contributed by atoms with Gasteiger partial charge in [0.15, 0.2) is 0 Å². The van der Waals surface area contributed by atoms with Gasteiger partial charge in [-0.3, -0.25) is 4.79 Å². The number of hydrogen-bond acceptors (Lipinski definition) is 5. The molecule has 1 amide bonds. The molecule has 1 aromatic rings. The van der Waals surface area contributed by atoms with Crippen molar-refractivity contribution in [3.63, 3.8) is 0 Å². The van der Waals surface area contributed by atoms with Gasteiger partial charge in [0.2, 0.25) is 10.2 Å². The highest BCUT2D eigenvalue weighted by Gasteiger charge is 2.54. The monoisotopic (exact) mass is 339 g/mol. The minimum atomic E-state index is -1.24. The van der Waals surface area contributed by atoms with Gasteiger partial charge in [-0.2, -0.15) is 5.01 Å². The number of oxime groups is 1. The van der Waals surface area contributed by atoms with E-state index in [1.165, 1.54) is 19.2 Å². The summed E-state index contributed by atoms with van der Waals surface area (Å²) in [6.07, 6.45) is 0. The van der Waals surface area contributed by atoms with Crippen molar-refractivity contribution in [2.24, 2.45) is 10.3 Å². The number of carbonyl (C=O) groups excluding carboxylic acids is 1. The Morgan fingerprint density at radius 3 is 2.55 bits per heavy atom. The number of amides is 1. The molecule has 0 bridgehead atoms. The summed E-state index contributed by atoms with van der Waals surface area (Å²) in [4.78, 5) is 17.4. The van der Waals surface area contributed by atoms with E-state index in [0.29, 0.717) is 11.4 Å². The molecule has 1 heterocycles. The van der Waals surface area contributed by atoms with E-state index in [1.54, 1.807) is 19.1 Å². The molecule has 106 valence electrons. The van der Waals surface area contributed by atoms with Crippen LogP contribution < -0.4 is 5.01 Å². The lowest BCUT2D eigenvalue weighted by Crippen LogP contribution is -2.47. The molecular formula is C13H14BrN3O3. The number of rotatable bonds is 3. The van der Waals surface area contributed by atoms with E-state index in [4.69, 9.17) is 9.57 Å². The second-order valence-electron chi connectivity index (χ2n) is 4.08. The van der Waals surface area contributed by atoms with E-state index in [9.17, 15) is 4.79 Å². The summed E-state index contributed by atoms with van der Waals surface area (Å²) in [7, 11) is 2.87. The predicted molar refractivity (Wildman–Crippen MR) is 80.1 cm³/mol. The Bertz CT molecular complexity index is 573. The number of anilines is 1. The number of benzene rings is 1. The molecule has 1 unspecified atom stereocenters. The molecule has 20 heavy (non-hydrogen) atoms. The summed E-state index contributed by atoms with van der Waals surface area (Å²) in [5.74, 6) is -0.0940. The van der Waals surface area contributed by atoms with Crippen molar-refractivity contribution in [2.75, 3.05) is 19.2 Å². The molecule has 0 aliphatic carbocycles. The van der Waals surface area contributed by atoms with Crippen molar-refractivity contribution in [3.05, 3.63) is 30.3 Å². The number of methoxy groups -OCH3 is 1. The van der Waals surface area contributed by atoms with Crippen LogP contribution in [0.25, 0.3) is 0 Å². The summed E-state index contributed by atoms with van der Waals surface area (Å²) < 4.78 is 3.98. The van der Waals surface area contributed by atoms with Gasteiger partial charge >= 0.3 is 0 Å². The average molecular weight is 340 g/mol. The van der Waals surface area contributed by atoms with E-state index in [-0.39, 0.29) is 11.8 Å². The summed E-state index contributed by atoms with van der Waals surface area (Å²) in [5.41, 5.74) is 1.06. The van der Waals surface area contributed by atoms with Crippen molar-refractivity contribution in [1.82, 2.24) is 0 Å². The van der Waals surface area contributed by atoms with Crippen LogP contribution in [0.4, 0.5) is 5.69 Å². The summed E-state index contributed by atoms with van der Waals surface area (Å²) >= 11 is 3.38. The van der Waals surface area contributed by atoms with Gasteiger partial charge in [-0.25, -0.2) is 0 Å². The van der Waals surface area contributed by atoms with Crippen molar-refractivity contribution in [3.8, 4) is 0 Å². The van der Waals surface area contributed by atoms with Crippen molar-refractivity contribution >= 4 is 39.1 Å². The molecule has 2 rings (SSSR count). The molecule has 0 aromatic heterocycles. The van der Waals surface area contributed by atoms with Crippen LogP contribution in [0.15, 0.2) is 40.6 Å². The Morgan fingerprint density at radius 2 is 2.00 bits per heavy atom. The first-order valence-corrected chi connectivity index (χ1v) is 6.64. The highest BCUT2D eigenvalue weighted by atomic mass is 79.9. The van der Waals surface area contributed by atoms with Gasteiger partial charge in [0.25, 0.3) is 5.91 Å². The first-order valence-electron chi connectivity index (χ1n) is 5.85. The second kappa shape index (κ2) is 5.62. The van der Waals surface area contributed by atoms with Crippen LogP contribution in [-0.2, 0) is 14.4 Å². The number of carbonyl (C=O) groups is 1. The third kappa shape index (κ3) is 2.18. The number of halogens is 1. The molecular weight excluding hydrogens is 326 g/mol. The maximum atomic E-state index is 12.7. The third-order valence-corrected chi connectivity index (χ3v) is 4.15. The third-order valence-electron chi connectivity index (χ3n) is 2.89. The van der Waals surface area contributed by atoms with Gasteiger partial charge in [-0.15, -0.1) is 5.10 Å². The van der Waals surface area contributed by atoms with Crippen LogP contribution in [-0.4, -0.2) is 36.1 Å². The maximum absolute atomic E-state index is 12.7. The fourth-order valence-corrected chi connectivity index (χ4v) is 2.36. The fraction of sp³-hybridized carbons (Fsp3) is 0.308. The largest absolute Gasteiger partial charge is 0.481 e. The molecule has 0 radical (unpaired) electrons. The first-order chi connectivity index (χ1) is 9.55. The van der Waals surface area contributed by atoms with Crippen molar-refractivity contribution in [2.45, 2.75) is 11.2 Å². The molecule has 0 saturated carbocycles. The number of ether oxygens (including phenoxy) is 1. The molecule has 1 atom stereocenters. The number of nitrogens with zero attached hydrogens (tertiary/aromatic N) is 3.